The summed E-state index contributed by atoms with van der Waals surface area (Å²) in [6.45, 7) is 2.26. The summed E-state index contributed by atoms with van der Waals surface area (Å²) in [7, 11) is 3.13. The predicted molar refractivity (Wildman–Crippen MR) is 137 cm³/mol. The SMILES string of the molecule is CC[C@H]1Cc2c([nH]c3ccccc23)[C@H](c2c(O)n(CCc3ccc(OC)c(OC)c3)c(=O)[nH]c2=O)N1. The van der Waals surface area contributed by atoms with Crippen molar-refractivity contribution < 1.29 is 14.6 Å². The third-order valence-corrected chi connectivity index (χ3v) is 7.05. The molecule has 0 bridgehead atoms. The molecule has 2 aromatic carbocycles. The van der Waals surface area contributed by atoms with Crippen LogP contribution in [0.3, 0.4) is 0 Å². The number of benzene rings is 2. The van der Waals surface area contributed by atoms with E-state index in [1.807, 2.05) is 30.3 Å². The molecule has 0 radical (unpaired) electrons. The first kappa shape index (κ1) is 23.7. The van der Waals surface area contributed by atoms with E-state index in [2.05, 4.69) is 28.3 Å². The van der Waals surface area contributed by atoms with Crippen LogP contribution in [-0.2, 0) is 19.4 Å². The fourth-order valence-corrected chi connectivity index (χ4v) is 5.12. The van der Waals surface area contributed by atoms with Crippen molar-refractivity contribution in [1.29, 1.82) is 0 Å². The van der Waals surface area contributed by atoms with Gasteiger partial charge >= 0.3 is 5.69 Å². The Morgan fingerprint density at radius 2 is 1.83 bits per heavy atom. The van der Waals surface area contributed by atoms with E-state index in [1.54, 1.807) is 20.3 Å². The zero-order valence-electron chi connectivity index (χ0n) is 20.6. The highest BCUT2D eigenvalue weighted by Crippen LogP contribution is 2.37. The molecule has 3 heterocycles. The molecule has 0 spiro atoms. The number of H-pyrrole nitrogens is 2. The Labute approximate surface area is 207 Å². The molecule has 4 N–H and O–H groups in total. The third-order valence-electron chi connectivity index (χ3n) is 7.05. The van der Waals surface area contributed by atoms with Crippen molar-refractivity contribution in [3.63, 3.8) is 0 Å². The zero-order valence-corrected chi connectivity index (χ0v) is 20.6. The summed E-state index contributed by atoms with van der Waals surface area (Å²) in [5, 5.41) is 15.9. The number of aromatic hydroxyl groups is 1. The standard InChI is InChI=1S/C27H30N4O5/c1-4-16-14-18-17-7-5-6-8-19(17)29-23(18)24(28-16)22-25(32)30-27(34)31(26(22)33)12-11-15-9-10-20(35-2)21(13-15)36-3/h5-10,13,16,24,28-29,33H,4,11-12,14H2,1-3H3,(H,30,32,34)/t16-,24-/m0/s1. The van der Waals surface area contributed by atoms with Gasteiger partial charge in [0, 0.05) is 29.2 Å². The molecule has 36 heavy (non-hydrogen) atoms. The van der Waals surface area contributed by atoms with Gasteiger partial charge in [-0.05, 0) is 48.6 Å². The van der Waals surface area contributed by atoms with Crippen LogP contribution < -0.4 is 26.0 Å². The second-order valence-electron chi connectivity index (χ2n) is 9.06. The van der Waals surface area contributed by atoms with Gasteiger partial charge < -0.3 is 24.9 Å². The largest absolute Gasteiger partial charge is 0.494 e. The summed E-state index contributed by atoms with van der Waals surface area (Å²) in [5.41, 5.74) is 2.72. The minimum absolute atomic E-state index is 0.118. The molecule has 4 aromatic rings. The molecule has 0 saturated carbocycles. The number of aromatic amines is 2. The lowest BCUT2D eigenvalue weighted by molar-refractivity contribution is 0.354. The van der Waals surface area contributed by atoms with Crippen molar-refractivity contribution in [1.82, 2.24) is 19.9 Å². The number of aryl methyl sites for hydroxylation is 1. The number of ether oxygens (including phenoxy) is 2. The Balaban J connectivity index is 1.55. The van der Waals surface area contributed by atoms with E-state index in [-0.39, 0.29) is 24.0 Å². The molecule has 5 rings (SSSR count). The summed E-state index contributed by atoms with van der Waals surface area (Å²) in [5.74, 6) is 0.857. The third kappa shape index (κ3) is 4.05. The first-order valence-corrected chi connectivity index (χ1v) is 12.1. The number of methoxy groups -OCH3 is 2. The van der Waals surface area contributed by atoms with E-state index >= 15 is 0 Å². The fourth-order valence-electron chi connectivity index (χ4n) is 5.12. The van der Waals surface area contributed by atoms with E-state index < -0.39 is 17.3 Å². The Hall–Kier alpha value is -3.98. The molecular formula is C27H30N4O5. The molecule has 0 saturated heterocycles. The van der Waals surface area contributed by atoms with E-state index in [4.69, 9.17) is 9.47 Å². The highest BCUT2D eigenvalue weighted by Gasteiger charge is 2.34. The van der Waals surface area contributed by atoms with Crippen molar-refractivity contribution in [2.75, 3.05) is 14.2 Å². The Kier molecular flexibility index (Phi) is 6.32. The molecule has 0 aliphatic carbocycles. The topological polar surface area (TPSA) is 121 Å². The van der Waals surface area contributed by atoms with Gasteiger partial charge in [-0.3, -0.25) is 14.3 Å². The second-order valence-corrected chi connectivity index (χ2v) is 9.06. The van der Waals surface area contributed by atoms with Crippen LogP contribution >= 0.6 is 0 Å². The molecule has 9 nitrogen and oxygen atoms in total. The van der Waals surface area contributed by atoms with Crippen molar-refractivity contribution in [3.8, 4) is 17.4 Å². The maximum absolute atomic E-state index is 13.0. The molecule has 9 heteroatoms. The van der Waals surface area contributed by atoms with Gasteiger partial charge in [0.1, 0.15) is 5.56 Å². The number of hydrogen-bond donors (Lipinski definition) is 4. The Morgan fingerprint density at radius 1 is 1.06 bits per heavy atom. The lowest BCUT2D eigenvalue weighted by atomic mass is 9.90. The van der Waals surface area contributed by atoms with Gasteiger partial charge in [-0.25, -0.2) is 4.79 Å². The number of nitrogens with zero attached hydrogens (tertiary/aromatic N) is 1. The van der Waals surface area contributed by atoms with E-state index in [1.165, 1.54) is 4.57 Å². The average molecular weight is 491 g/mol. The van der Waals surface area contributed by atoms with Gasteiger partial charge in [-0.15, -0.1) is 0 Å². The van der Waals surface area contributed by atoms with Crippen LogP contribution in [0.5, 0.6) is 17.4 Å². The van der Waals surface area contributed by atoms with E-state index in [0.717, 1.165) is 40.6 Å². The summed E-state index contributed by atoms with van der Waals surface area (Å²) in [4.78, 5) is 31.6. The number of fused-ring (bicyclic) bond motifs is 3. The van der Waals surface area contributed by atoms with Crippen LogP contribution in [0.2, 0.25) is 0 Å². The molecule has 0 amide bonds. The second kappa shape index (κ2) is 9.58. The van der Waals surface area contributed by atoms with Crippen LogP contribution in [0.15, 0.2) is 52.1 Å². The van der Waals surface area contributed by atoms with Crippen LogP contribution in [0.1, 0.15) is 41.8 Å². The summed E-state index contributed by atoms with van der Waals surface area (Å²) >= 11 is 0. The quantitative estimate of drug-likeness (QED) is 0.316. The Morgan fingerprint density at radius 3 is 2.58 bits per heavy atom. The van der Waals surface area contributed by atoms with Crippen LogP contribution in [0, 0.1) is 0 Å². The van der Waals surface area contributed by atoms with Crippen LogP contribution in [0.25, 0.3) is 10.9 Å². The van der Waals surface area contributed by atoms with Gasteiger partial charge in [0.15, 0.2) is 11.5 Å². The summed E-state index contributed by atoms with van der Waals surface area (Å²) in [6, 6.07) is 13.1. The number of hydrogen-bond acceptors (Lipinski definition) is 6. The Bertz CT molecular complexity index is 1530. The van der Waals surface area contributed by atoms with Crippen molar-refractivity contribution in [2.24, 2.45) is 0 Å². The first-order valence-electron chi connectivity index (χ1n) is 12.1. The first-order chi connectivity index (χ1) is 17.4. The van der Waals surface area contributed by atoms with Crippen molar-refractivity contribution >= 4 is 10.9 Å². The molecule has 0 unspecified atom stereocenters. The monoisotopic (exact) mass is 490 g/mol. The van der Waals surface area contributed by atoms with E-state index in [9.17, 15) is 14.7 Å². The van der Waals surface area contributed by atoms with Crippen molar-refractivity contribution in [2.45, 2.75) is 44.8 Å². The maximum atomic E-state index is 13.0. The maximum Gasteiger partial charge on any atom is 0.331 e. The van der Waals surface area contributed by atoms with Gasteiger partial charge in [0.2, 0.25) is 5.88 Å². The highest BCUT2D eigenvalue weighted by atomic mass is 16.5. The van der Waals surface area contributed by atoms with Gasteiger partial charge in [-0.2, -0.15) is 0 Å². The van der Waals surface area contributed by atoms with Crippen molar-refractivity contribution in [3.05, 3.63) is 85.7 Å². The molecule has 2 aromatic heterocycles. The highest BCUT2D eigenvalue weighted by molar-refractivity contribution is 5.85. The molecule has 0 fully saturated rings. The zero-order chi connectivity index (χ0) is 25.4. The summed E-state index contributed by atoms with van der Waals surface area (Å²) < 4.78 is 11.9. The molecule has 188 valence electrons. The van der Waals surface area contributed by atoms with E-state index in [0.29, 0.717) is 17.9 Å². The minimum Gasteiger partial charge on any atom is -0.494 e. The molecule has 2 atom stereocenters. The number of para-hydroxylation sites is 1. The van der Waals surface area contributed by atoms with Gasteiger partial charge in [-0.1, -0.05) is 31.2 Å². The molecule has 1 aliphatic rings. The predicted octanol–water partition coefficient (Wildman–Crippen LogP) is 3.00. The average Bonchev–Trinajstić information content (AvgIpc) is 3.26. The molecule has 1 aliphatic heterocycles. The van der Waals surface area contributed by atoms with Gasteiger partial charge in [0.05, 0.1) is 20.3 Å². The number of aromatic nitrogens is 3. The minimum atomic E-state index is -0.651. The fraction of sp³-hybridized carbons (Fsp3) is 0.333. The number of rotatable bonds is 7. The van der Waals surface area contributed by atoms with Gasteiger partial charge in [0.25, 0.3) is 5.56 Å². The lowest BCUT2D eigenvalue weighted by Crippen LogP contribution is -2.43. The van der Waals surface area contributed by atoms with Crippen LogP contribution in [0.4, 0.5) is 0 Å². The van der Waals surface area contributed by atoms with Crippen LogP contribution in [-0.4, -0.2) is 39.9 Å². The normalized spacial score (nSPS) is 17.2. The lowest BCUT2D eigenvalue weighted by Gasteiger charge is -2.31. The molecular weight excluding hydrogens is 460 g/mol. The smallest absolute Gasteiger partial charge is 0.331 e. The summed E-state index contributed by atoms with van der Waals surface area (Å²) in [6.07, 6.45) is 2.10. The number of nitrogens with one attached hydrogen (secondary N) is 3.